The van der Waals surface area contributed by atoms with Gasteiger partial charge in [0.25, 0.3) is 0 Å². The molecule has 1 rings (SSSR count). The summed E-state index contributed by atoms with van der Waals surface area (Å²) >= 11 is 0. The predicted molar refractivity (Wildman–Crippen MR) is 59.2 cm³/mol. The first-order chi connectivity index (χ1) is 7.15. The van der Waals surface area contributed by atoms with Crippen LogP contribution in [0.15, 0.2) is 6.07 Å². The fourth-order valence-corrected chi connectivity index (χ4v) is 1.48. The minimum absolute atomic E-state index is 0.00761. The van der Waals surface area contributed by atoms with Crippen molar-refractivity contribution >= 4 is 11.4 Å². The van der Waals surface area contributed by atoms with Crippen LogP contribution in [0.3, 0.4) is 0 Å². The van der Waals surface area contributed by atoms with Gasteiger partial charge in [-0.1, -0.05) is 0 Å². The molecule has 0 fully saturated rings. The topological polar surface area (TPSA) is 90.7 Å². The fourth-order valence-electron chi connectivity index (χ4n) is 1.48. The maximum atomic E-state index is 8.90. The molecule has 0 unspecified atom stereocenters. The van der Waals surface area contributed by atoms with E-state index < -0.39 is 0 Å². The van der Waals surface area contributed by atoms with Crippen molar-refractivity contribution in [3.63, 3.8) is 0 Å². The molecule has 1 aromatic rings. The van der Waals surface area contributed by atoms with E-state index in [9.17, 15) is 0 Å². The number of hydrogen-bond donors (Lipinski definition) is 3. The smallest absolute Gasteiger partial charge is 0.150 e. The lowest BCUT2D eigenvalue weighted by molar-refractivity contribution is 0.297. The average molecular weight is 212 g/mol. The Bertz CT molecular complexity index is 353. The van der Waals surface area contributed by atoms with Crippen molar-refractivity contribution in [2.24, 2.45) is 0 Å². The molecule has 0 aromatic heterocycles. The Morgan fingerprint density at radius 2 is 1.93 bits per heavy atom. The Hall–Kier alpha value is -1.62. The summed E-state index contributed by atoms with van der Waals surface area (Å²) in [6, 6.07) is 1.63. The largest absolute Gasteiger partial charge is 0.494 e. The SMILES string of the molecule is COc1cc(N)c(CCO)c(OC)c1N. The molecule has 0 atom stereocenters. The Kier molecular flexibility index (Phi) is 3.62. The highest BCUT2D eigenvalue weighted by Gasteiger charge is 2.15. The number of rotatable bonds is 4. The molecular formula is C10H16N2O3. The molecule has 0 aliphatic rings. The van der Waals surface area contributed by atoms with E-state index in [1.807, 2.05) is 0 Å². The van der Waals surface area contributed by atoms with Crippen molar-refractivity contribution in [1.82, 2.24) is 0 Å². The zero-order valence-electron chi connectivity index (χ0n) is 8.91. The Morgan fingerprint density at radius 3 is 2.40 bits per heavy atom. The lowest BCUT2D eigenvalue weighted by Gasteiger charge is -2.15. The number of aliphatic hydroxyl groups excluding tert-OH is 1. The molecule has 0 saturated heterocycles. The van der Waals surface area contributed by atoms with Crippen LogP contribution in [-0.4, -0.2) is 25.9 Å². The molecule has 0 aliphatic heterocycles. The fraction of sp³-hybridized carbons (Fsp3) is 0.400. The second-order valence-electron chi connectivity index (χ2n) is 3.07. The van der Waals surface area contributed by atoms with Crippen LogP contribution in [0.1, 0.15) is 5.56 Å². The molecule has 1 aromatic carbocycles. The van der Waals surface area contributed by atoms with Gasteiger partial charge in [0, 0.05) is 30.3 Å². The Balaban J connectivity index is 3.32. The molecular weight excluding hydrogens is 196 g/mol. The van der Waals surface area contributed by atoms with Crippen LogP contribution < -0.4 is 20.9 Å². The summed E-state index contributed by atoms with van der Waals surface area (Å²) in [5, 5.41) is 8.90. The van der Waals surface area contributed by atoms with Gasteiger partial charge in [-0.2, -0.15) is 0 Å². The molecule has 5 N–H and O–H groups in total. The number of anilines is 2. The third-order valence-electron chi connectivity index (χ3n) is 2.21. The van der Waals surface area contributed by atoms with Gasteiger partial charge in [0.2, 0.25) is 0 Å². The molecule has 0 spiro atoms. The van der Waals surface area contributed by atoms with Crippen molar-refractivity contribution in [3.8, 4) is 11.5 Å². The number of methoxy groups -OCH3 is 2. The molecule has 5 nitrogen and oxygen atoms in total. The molecule has 0 saturated carbocycles. The molecule has 0 radical (unpaired) electrons. The normalized spacial score (nSPS) is 10.1. The van der Waals surface area contributed by atoms with E-state index in [-0.39, 0.29) is 6.61 Å². The van der Waals surface area contributed by atoms with E-state index >= 15 is 0 Å². The lowest BCUT2D eigenvalue weighted by Crippen LogP contribution is -2.05. The van der Waals surface area contributed by atoms with Crippen LogP contribution in [0, 0.1) is 0 Å². The van der Waals surface area contributed by atoms with Gasteiger partial charge < -0.3 is 26.0 Å². The predicted octanol–water partition coefficient (Wildman–Crippen LogP) is 0.403. The highest BCUT2D eigenvalue weighted by atomic mass is 16.5. The second-order valence-corrected chi connectivity index (χ2v) is 3.07. The Morgan fingerprint density at radius 1 is 1.27 bits per heavy atom. The number of nitrogen functional groups attached to an aromatic ring is 2. The van der Waals surface area contributed by atoms with Crippen LogP contribution in [0.5, 0.6) is 11.5 Å². The number of aliphatic hydroxyl groups is 1. The second kappa shape index (κ2) is 4.75. The third-order valence-corrected chi connectivity index (χ3v) is 2.21. The molecule has 5 heteroatoms. The summed E-state index contributed by atoms with van der Waals surface area (Å²) < 4.78 is 10.2. The molecule has 0 amide bonds. The maximum absolute atomic E-state index is 8.90. The van der Waals surface area contributed by atoms with Crippen LogP contribution >= 0.6 is 0 Å². The van der Waals surface area contributed by atoms with Gasteiger partial charge in [0.1, 0.15) is 11.4 Å². The standard InChI is InChI=1S/C10H16N2O3/c1-14-8-5-7(11)6(3-4-13)10(15-2)9(8)12/h5,13H,3-4,11-12H2,1-2H3. The van der Waals surface area contributed by atoms with Crippen molar-refractivity contribution in [1.29, 1.82) is 0 Å². The highest BCUT2D eigenvalue weighted by Crippen LogP contribution is 2.38. The van der Waals surface area contributed by atoms with Crippen molar-refractivity contribution in [3.05, 3.63) is 11.6 Å². The summed E-state index contributed by atoms with van der Waals surface area (Å²) in [5.74, 6) is 0.951. The van der Waals surface area contributed by atoms with Crippen molar-refractivity contribution in [2.45, 2.75) is 6.42 Å². The summed E-state index contributed by atoms with van der Waals surface area (Å²) in [6.07, 6.45) is 0.406. The first-order valence-electron chi connectivity index (χ1n) is 4.55. The molecule has 15 heavy (non-hydrogen) atoms. The van der Waals surface area contributed by atoms with E-state index in [0.29, 0.717) is 34.9 Å². The molecule has 0 aliphatic carbocycles. The molecule has 0 heterocycles. The number of benzene rings is 1. The number of ether oxygens (including phenoxy) is 2. The summed E-state index contributed by atoms with van der Waals surface area (Å²) in [7, 11) is 3.02. The minimum Gasteiger partial charge on any atom is -0.494 e. The van der Waals surface area contributed by atoms with E-state index in [1.165, 1.54) is 14.2 Å². The van der Waals surface area contributed by atoms with Gasteiger partial charge in [-0.25, -0.2) is 0 Å². The van der Waals surface area contributed by atoms with Gasteiger partial charge in [-0.15, -0.1) is 0 Å². The van der Waals surface area contributed by atoms with Crippen molar-refractivity contribution < 1.29 is 14.6 Å². The summed E-state index contributed by atoms with van der Waals surface area (Å²) in [5.41, 5.74) is 13.2. The maximum Gasteiger partial charge on any atom is 0.150 e. The number of nitrogens with two attached hydrogens (primary N) is 2. The van der Waals surface area contributed by atoms with Gasteiger partial charge in [0.05, 0.1) is 14.2 Å². The van der Waals surface area contributed by atoms with Crippen LogP contribution in [0.25, 0.3) is 0 Å². The monoisotopic (exact) mass is 212 g/mol. The van der Waals surface area contributed by atoms with Gasteiger partial charge in [-0.3, -0.25) is 0 Å². The first kappa shape index (κ1) is 11.5. The number of hydrogen-bond acceptors (Lipinski definition) is 5. The quantitative estimate of drug-likeness (QED) is 0.628. The average Bonchev–Trinajstić information content (AvgIpc) is 2.23. The molecule has 84 valence electrons. The van der Waals surface area contributed by atoms with E-state index in [0.717, 1.165) is 0 Å². The summed E-state index contributed by atoms with van der Waals surface area (Å²) in [6.45, 7) is -0.00761. The zero-order chi connectivity index (χ0) is 11.4. The van der Waals surface area contributed by atoms with E-state index in [2.05, 4.69) is 0 Å². The first-order valence-corrected chi connectivity index (χ1v) is 4.55. The summed E-state index contributed by atoms with van der Waals surface area (Å²) in [4.78, 5) is 0. The molecule has 0 bridgehead atoms. The minimum atomic E-state index is -0.00761. The van der Waals surface area contributed by atoms with Crippen LogP contribution in [-0.2, 0) is 6.42 Å². The van der Waals surface area contributed by atoms with Gasteiger partial charge in [-0.05, 0) is 0 Å². The van der Waals surface area contributed by atoms with Crippen LogP contribution in [0.4, 0.5) is 11.4 Å². The van der Waals surface area contributed by atoms with Crippen molar-refractivity contribution in [2.75, 3.05) is 32.3 Å². The van der Waals surface area contributed by atoms with E-state index in [1.54, 1.807) is 6.07 Å². The zero-order valence-corrected chi connectivity index (χ0v) is 8.91. The van der Waals surface area contributed by atoms with Crippen LogP contribution in [0.2, 0.25) is 0 Å². The lowest BCUT2D eigenvalue weighted by atomic mass is 10.1. The van der Waals surface area contributed by atoms with Gasteiger partial charge in [0.15, 0.2) is 5.75 Å². The van der Waals surface area contributed by atoms with Gasteiger partial charge >= 0.3 is 0 Å². The Labute approximate surface area is 88.6 Å². The van der Waals surface area contributed by atoms with E-state index in [4.69, 9.17) is 26.0 Å². The third kappa shape index (κ3) is 2.07. The highest BCUT2D eigenvalue weighted by molar-refractivity contribution is 5.73.